The Morgan fingerprint density at radius 3 is 2.85 bits per heavy atom. The Balaban J connectivity index is 1.70. The molecular formula is C20H14BrClN2O2S. The molecule has 0 aliphatic heterocycles. The highest BCUT2D eigenvalue weighted by molar-refractivity contribution is 9.10. The molecule has 0 bridgehead atoms. The van der Waals surface area contributed by atoms with Gasteiger partial charge in [-0.25, -0.2) is 4.98 Å². The first-order chi connectivity index (χ1) is 13.1. The Morgan fingerprint density at radius 2 is 2.07 bits per heavy atom. The Kier molecular flexibility index (Phi) is 5.04. The predicted molar refractivity (Wildman–Crippen MR) is 113 cm³/mol. The molecule has 136 valence electrons. The van der Waals surface area contributed by atoms with Gasteiger partial charge in [-0.1, -0.05) is 45.7 Å². The van der Waals surface area contributed by atoms with E-state index >= 15 is 0 Å². The molecule has 4 rings (SSSR count). The maximum absolute atomic E-state index is 11.6. The normalized spacial score (nSPS) is 12.3. The third-order valence-electron chi connectivity index (χ3n) is 4.21. The van der Waals surface area contributed by atoms with Gasteiger partial charge in [-0.2, -0.15) is 0 Å². The molecule has 0 spiro atoms. The van der Waals surface area contributed by atoms with Crippen molar-refractivity contribution in [3.63, 3.8) is 0 Å². The maximum Gasteiger partial charge on any atom is 0.163 e. The molecule has 2 aromatic carbocycles. The van der Waals surface area contributed by atoms with E-state index in [0.717, 1.165) is 32.4 Å². The van der Waals surface area contributed by atoms with Crippen LogP contribution in [0.1, 0.15) is 28.3 Å². The highest BCUT2D eigenvalue weighted by Gasteiger charge is 2.17. The van der Waals surface area contributed by atoms with Crippen LogP contribution < -0.4 is 4.74 Å². The smallest absolute Gasteiger partial charge is 0.163 e. The van der Waals surface area contributed by atoms with Gasteiger partial charge in [0.25, 0.3) is 0 Å². The monoisotopic (exact) mass is 460 g/mol. The van der Waals surface area contributed by atoms with E-state index in [0.29, 0.717) is 15.6 Å². The third-order valence-corrected chi connectivity index (χ3v) is 6.09. The fourth-order valence-electron chi connectivity index (χ4n) is 2.89. The Bertz CT molecular complexity index is 1140. The molecule has 0 saturated carbocycles. The van der Waals surface area contributed by atoms with Crippen molar-refractivity contribution in [2.24, 2.45) is 0 Å². The molecular weight excluding hydrogens is 448 g/mol. The fourth-order valence-corrected chi connectivity index (χ4v) is 4.42. The molecule has 0 aliphatic carbocycles. The van der Waals surface area contributed by atoms with Crippen molar-refractivity contribution >= 4 is 56.2 Å². The molecule has 0 fully saturated rings. The summed E-state index contributed by atoms with van der Waals surface area (Å²) in [5.74, 6) is 0.538. The lowest BCUT2D eigenvalue weighted by atomic mass is 10.1. The zero-order valence-corrected chi connectivity index (χ0v) is 17.4. The van der Waals surface area contributed by atoms with Crippen LogP contribution >= 0.6 is 38.9 Å². The fraction of sp³-hybridized carbons (Fsp3) is 0.100. The highest BCUT2D eigenvalue weighted by Crippen LogP contribution is 2.36. The number of carbonyl (C=O) groups excluding carboxylic acids is 1. The Hall–Kier alpha value is -2.15. The summed E-state index contributed by atoms with van der Waals surface area (Å²) < 4.78 is 8.99. The van der Waals surface area contributed by atoms with E-state index < -0.39 is 0 Å². The number of ether oxygens (including phenoxy) is 1. The third kappa shape index (κ3) is 3.52. The van der Waals surface area contributed by atoms with E-state index in [1.54, 1.807) is 6.33 Å². The van der Waals surface area contributed by atoms with Gasteiger partial charge < -0.3 is 4.74 Å². The van der Waals surface area contributed by atoms with Gasteiger partial charge in [0.2, 0.25) is 0 Å². The standard InChI is InChI=1S/C20H14BrClN2O2S/c1-12(14-4-2-3-5-15(14)22)26-18-9-20(27-19(18)10-25)24-11-23-16-8-13(21)6-7-17(16)24/h2-12H,1H3/t12-/m1/s1. The average Bonchev–Trinajstić information content (AvgIpc) is 3.25. The highest BCUT2D eigenvalue weighted by atomic mass is 79.9. The lowest BCUT2D eigenvalue weighted by molar-refractivity contribution is 0.112. The number of halogens is 2. The van der Waals surface area contributed by atoms with Crippen LogP contribution in [0, 0.1) is 0 Å². The van der Waals surface area contributed by atoms with Gasteiger partial charge in [-0.3, -0.25) is 9.36 Å². The second-order valence-electron chi connectivity index (χ2n) is 5.96. The number of benzene rings is 2. The number of rotatable bonds is 5. The molecule has 1 atom stereocenters. The summed E-state index contributed by atoms with van der Waals surface area (Å²) in [6.07, 6.45) is 2.28. The van der Waals surface area contributed by atoms with Gasteiger partial charge in [0.05, 0.1) is 11.0 Å². The topological polar surface area (TPSA) is 44.1 Å². The van der Waals surface area contributed by atoms with Crippen LogP contribution in [0.15, 0.2) is 59.3 Å². The zero-order chi connectivity index (χ0) is 19.0. The summed E-state index contributed by atoms with van der Waals surface area (Å²) in [4.78, 5) is 16.5. The molecule has 0 aliphatic rings. The van der Waals surface area contributed by atoms with Gasteiger partial charge >= 0.3 is 0 Å². The molecule has 27 heavy (non-hydrogen) atoms. The lowest BCUT2D eigenvalue weighted by Gasteiger charge is -2.15. The van der Waals surface area contributed by atoms with Gasteiger partial charge in [0.15, 0.2) is 6.29 Å². The molecule has 0 saturated heterocycles. The van der Waals surface area contributed by atoms with Crippen molar-refractivity contribution < 1.29 is 9.53 Å². The number of imidazole rings is 1. The zero-order valence-electron chi connectivity index (χ0n) is 14.2. The molecule has 7 heteroatoms. The molecule has 0 radical (unpaired) electrons. The lowest BCUT2D eigenvalue weighted by Crippen LogP contribution is -2.04. The second kappa shape index (κ2) is 7.46. The number of carbonyl (C=O) groups is 1. The first kappa shape index (κ1) is 18.2. The summed E-state index contributed by atoms with van der Waals surface area (Å²) in [7, 11) is 0. The Labute approximate surface area is 173 Å². The largest absolute Gasteiger partial charge is 0.484 e. The van der Waals surface area contributed by atoms with Gasteiger partial charge in [0, 0.05) is 21.1 Å². The van der Waals surface area contributed by atoms with Crippen LogP contribution in [0.5, 0.6) is 5.75 Å². The van der Waals surface area contributed by atoms with E-state index in [1.165, 1.54) is 11.3 Å². The van der Waals surface area contributed by atoms with Gasteiger partial charge in [-0.05, 0) is 31.2 Å². The molecule has 4 nitrogen and oxygen atoms in total. The van der Waals surface area contributed by atoms with E-state index in [9.17, 15) is 4.79 Å². The van der Waals surface area contributed by atoms with E-state index in [-0.39, 0.29) is 6.10 Å². The summed E-state index contributed by atoms with van der Waals surface area (Å²) in [5.41, 5.74) is 2.71. The summed E-state index contributed by atoms with van der Waals surface area (Å²) in [5, 5.41) is 1.50. The number of fused-ring (bicyclic) bond motifs is 1. The minimum absolute atomic E-state index is 0.282. The summed E-state index contributed by atoms with van der Waals surface area (Å²) in [6, 6.07) is 15.3. The number of hydrogen-bond acceptors (Lipinski definition) is 4. The van der Waals surface area contributed by atoms with Crippen LogP contribution in [-0.4, -0.2) is 15.8 Å². The first-order valence-electron chi connectivity index (χ1n) is 8.20. The van der Waals surface area contributed by atoms with Crippen LogP contribution in [-0.2, 0) is 0 Å². The number of thiophene rings is 1. The SMILES string of the molecule is C[C@@H](Oc1cc(-n2cnc3cc(Br)ccc32)sc1C=O)c1ccccc1Cl. The van der Waals surface area contributed by atoms with Crippen molar-refractivity contribution in [2.45, 2.75) is 13.0 Å². The minimum Gasteiger partial charge on any atom is -0.484 e. The first-order valence-corrected chi connectivity index (χ1v) is 10.2. The van der Waals surface area contributed by atoms with Crippen molar-refractivity contribution in [1.82, 2.24) is 9.55 Å². The van der Waals surface area contributed by atoms with E-state index in [4.69, 9.17) is 16.3 Å². The van der Waals surface area contributed by atoms with Crippen LogP contribution in [0.4, 0.5) is 0 Å². The quantitative estimate of drug-likeness (QED) is 0.321. The predicted octanol–water partition coefficient (Wildman–Crippen LogP) is 6.46. The van der Waals surface area contributed by atoms with Gasteiger partial charge in [0.1, 0.15) is 28.1 Å². The number of nitrogens with zero attached hydrogens (tertiary/aromatic N) is 2. The second-order valence-corrected chi connectivity index (χ2v) is 8.35. The number of hydrogen-bond donors (Lipinski definition) is 0. The molecule has 0 N–H and O–H groups in total. The van der Waals surface area contributed by atoms with E-state index in [2.05, 4.69) is 20.9 Å². The van der Waals surface area contributed by atoms with Crippen LogP contribution in [0.25, 0.3) is 16.0 Å². The van der Waals surface area contributed by atoms with Crippen molar-refractivity contribution in [2.75, 3.05) is 0 Å². The number of aromatic nitrogens is 2. The van der Waals surface area contributed by atoms with Crippen molar-refractivity contribution in [3.8, 4) is 10.8 Å². The molecule has 0 unspecified atom stereocenters. The summed E-state index contributed by atoms with van der Waals surface area (Å²) in [6.45, 7) is 1.91. The molecule has 2 heterocycles. The maximum atomic E-state index is 11.6. The molecule has 0 amide bonds. The van der Waals surface area contributed by atoms with Crippen molar-refractivity contribution in [1.29, 1.82) is 0 Å². The molecule has 4 aromatic rings. The number of aldehydes is 1. The van der Waals surface area contributed by atoms with Crippen LogP contribution in [0.3, 0.4) is 0 Å². The van der Waals surface area contributed by atoms with Crippen molar-refractivity contribution in [3.05, 3.63) is 74.8 Å². The van der Waals surface area contributed by atoms with E-state index in [1.807, 2.05) is 60.0 Å². The Morgan fingerprint density at radius 1 is 1.26 bits per heavy atom. The van der Waals surface area contributed by atoms with Crippen LogP contribution in [0.2, 0.25) is 5.02 Å². The van der Waals surface area contributed by atoms with Gasteiger partial charge in [-0.15, -0.1) is 11.3 Å². The average molecular weight is 462 g/mol. The summed E-state index contributed by atoms with van der Waals surface area (Å²) >= 11 is 11.1. The minimum atomic E-state index is -0.282. The molecule has 2 aromatic heterocycles.